The van der Waals surface area contributed by atoms with Crippen LogP contribution in [-0.4, -0.2) is 6.10 Å². The summed E-state index contributed by atoms with van der Waals surface area (Å²) in [4.78, 5) is 0. The first-order valence-electron chi connectivity index (χ1n) is 5.42. The molecule has 2 unspecified atom stereocenters. The van der Waals surface area contributed by atoms with Gasteiger partial charge in [-0.25, -0.2) is 0 Å². The van der Waals surface area contributed by atoms with Gasteiger partial charge in [-0.05, 0) is 37.3 Å². The maximum atomic E-state index is 5.80. The summed E-state index contributed by atoms with van der Waals surface area (Å²) >= 11 is 0. The topological polar surface area (TPSA) is 9.23 Å². The van der Waals surface area contributed by atoms with Gasteiger partial charge in [0.05, 0.1) is 6.10 Å². The standard InChI is InChI=1S/C13H20O/c1-4-7-12(6-3)14-13-9-8-11(5-2)10-13/h4,6-7,11,13H,1,3,5,8-10H2,2H3. The summed E-state index contributed by atoms with van der Waals surface area (Å²) in [6.07, 6.45) is 10.7. The molecule has 0 aromatic heterocycles. The zero-order valence-corrected chi connectivity index (χ0v) is 9.04. The number of ether oxygens (including phenoxy) is 1. The van der Waals surface area contributed by atoms with Gasteiger partial charge in [0.15, 0.2) is 0 Å². The Labute approximate surface area is 87.2 Å². The average Bonchev–Trinajstić information content (AvgIpc) is 2.65. The Balaban J connectivity index is 2.41. The van der Waals surface area contributed by atoms with Gasteiger partial charge in [-0.2, -0.15) is 0 Å². The van der Waals surface area contributed by atoms with E-state index in [2.05, 4.69) is 20.1 Å². The molecule has 0 aromatic rings. The van der Waals surface area contributed by atoms with Crippen molar-refractivity contribution in [3.8, 4) is 0 Å². The van der Waals surface area contributed by atoms with Gasteiger partial charge in [-0.1, -0.05) is 32.6 Å². The van der Waals surface area contributed by atoms with E-state index in [4.69, 9.17) is 4.74 Å². The summed E-state index contributed by atoms with van der Waals surface area (Å²) < 4.78 is 5.80. The highest BCUT2D eigenvalue weighted by atomic mass is 16.5. The summed E-state index contributed by atoms with van der Waals surface area (Å²) in [6, 6.07) is 0. The lowest BCUT2D eigenvalue weighted by molar-refractivity contribution is 0.127. The summed E-state index contributed by atoms with van der Waals surface area (Å²) in [5, 5.41) is 0. The van der Waals surface area contributed by atoms with Crippen molar-refractivity contribution < 1.29 is 4.74 Å². The van der Waals surface area contributed by atoms with Gasteiger partial charge >= 0.3 is 0 Å². The predicted octanol–water partition coefficient (Wildman–Crippen LogP) is 3.84. The van der Waals surface area contributed by atoms with Crippen molar-refractivity contribution in [1.82, 2.24) is 0 Å². The lowest BCUT2D eigenvalue weighted by Crippen LogP contribution is -2.07. The molecule has 0 amide bonds. The minimum Gasteiger partial charge on any atom is -0.490 e. The molecule has 78 valence electrons. The second-order valence-corrected chi connectivity index (χ2v) is 3.84. The molecule has 1 nitrogen and oxygen atoms in total. The Kier molecular flexibility index (Phi) is 4.51. The van der Waals surface area contributed by atoms with Gasteiger partial charge in [0, 0.05) is 0 Å². The van der Waals surface area contributed by atoms with Gasteiger partial charge < -0.3 is 4.74 Å². The Morgan fingerprint density at radius 3 is 2.71 bits per heavy atom. The van der Waals surface area contributed by atoms with Gasteiger partial charge in [-0.3, -0.25) is 0 Å². The maximum absolute atomic E-state index is 5.80. The highest BCUT2D eigenvalue weighted by molar-refractivity contribution is 5.15. The third-order valence-corrected chi connectivity index (χ3v) is 2.86. The van der Waals surface area contributed by atoms with Crippen LogP contribution >= 0.6 is 0 Å². The average molecular weight is 192 g/mol. The van der Waals surface area contributed by atoms with Crippen LogP contribution in [0.3, 0.4) is 0 Å². The van der Waals surface area contributed by atoms with Gasteiger partial charge in [0.1, 0.15) is 5.76 Å². The zero-order chi connectivity index (χ0) is 10.4. The monoisotopic (exact) mass is 192 g/mol. The van der Waals surface area contributed by atoms with E-state index in [9.17, 15) is 0 Å². The number of allylic oxidation sites excluding steroid dienone is 3. The van der Waals surface area contributed by atoms with Crippen molar-refractivity contribution >= 4 is 0 Å². The van der Waals surface area contributed by atoms with Crippen LogP contribution in [0, 0.1) is 5.92 Å². The molecule has 0 saturated heterocycles. The first kappa shape index (κ1) is 11.1. The van der Waals surface area contributed by atoms with Crippen molar-refractivity contribution in [2.75, 3.05) is 0 Å². The molecule has 1 aliphatic carbocycles. The van der Waals surface area contributed by atoms with Crippen LogP contribution in [-0.2, 0) is 4.74 Å². The summed E-state index contributed by atoms with van der Waals surface area (Å²) in [5.74, 6) is 1.71. The SMILES string of the molecule is C=CC=C(C=C)OC1CCC(CC)C1. The van der Waals surface area contributed by atoms with Crippen LogP contribution in [0.1, 0.15) is 32.6 Å². The first-order chi connectivity index (χ1) is 6.80. The first-order valence-corrected chi connectivity index (χ1v) is 5.42. The van der Waals surface area contributed by atoms with Gasteiger partial charge in [-0.15, -0.1) is 0 Å². The summed E-state index contributed by atoms with van der Waals surface area (Å²) in [5.41, 5.74) is 0. The minimum atomic E-state index is 0.393. The largest absolute Gasteiger partial charge is 0.490 e. The second-order valence-electron chi connectivity index (χ2n) is 3.84. The molecule has 0 aromatic carbocycles. The van der Waals surface area contributed by atoms with Crippen molar-refractivity contribution in [3.05, 3.63) is 37.1 Å². The molecule has 0 N–H and O–H groups in total. The third-order valence-electron chi connectivity index (χ3n) is 2.86. The fourth-order valence-electron chi connectivity index (χ4n) is 1.97. The lowest BCUT2D eigenvalue weighted by atomic mass is 10.1. The zero-order valence-electron chi connectivity index (χ0n) is 9.04. The molecule has 0 radical (unpaired) electrons. The van der Waals surface area contributed by atoms with Gasteiger partial charge in [0.25, 0.3) is 0 Å². The Morgan fingerprint density at radius 2 is 2.21 bits per heavy atom. The van der Waals surface area contributed by atoms with E-state index >= 15 is 0 Å². The molecule has 1 rings (SSSR count). The quantitative estimate of drug-likeness (QED) is 0.475. The van der Waals surface area contributed by atoms with Crippen LogP contribution in [0.5, 0.6) is 0 Å². The molecule has 0 spiro atoms. The molecule has 14 heavy (non-hydrogen) atoms. The number of rotatable bonds is 5. The second kappa shape index (κ2) is 5.69. The molecule has 1 fully saturated rings. The van der Waals surface area contributed by atoms with Crippen LogP contribution in [0.25, 0.3) is 0 Å². The van der Waals surface area contributed by atoms with Crippen LogP contribution in [0.15, 0.2) is 37.1 Å². The fraction of sp³-hybridized carbons (Fsp3) is 0.538. The highest BCUT2D eigenvalue weighted by Crippen LogP contribution is 2.31. The molecular weight excluding hydrogens is 172 g/mol. The third kappa shape index (κ3) is 3.06. The molecule has 1 aliphatic rings. The maximum Gasteiger partial charge on any atom is 0.119 e. The fourth-order valence-corrected chi connectivity index (χ4v) is 1.97. The number of hydrogen-bond donors (Lipinski definition) is 0. The molecule has 1 heteroatoms. The molecule has 2 atom stereocenters. The van der Waals surface area contributed by atoms with Crippen molar-refractivity contribution in [2.24, 2.45) is 5.92 Å². The summed E-state index contributed by atoms with van der Waals surface area (Å²) in [6.45, 7) is 9.62. The number of hydrogen-bond acceptors (Lipinski definition) is 1. The Morgan fingerprint density at radius 1 is 1.43 bits per heavy atom. The van der Waals surface area contributed by atoms with E-state index in [0.717, 1.165) is 11.7 Å². The smallest absolute Gasteiger partial charge is 0.119 e. The highest BCUT2D eigenvalue weighted by Gasteiger charge is 2.24. The van der Waals surface area contributed by atoms with Crippen molar-refractivity contribution in [3.63, 3.8) is 0 Å². The van der Waals surface area contributed by atoms with Crippen LogP contribution < -0.4 is 0 Å². The molecule has 1 saturated carbocycles. The normalized spacial score (nSPS) is 27.4. The lowest BCUT2D eigenvalue weighted by Gasteiger charge is -2.14. The molecule has 0 bridgehead atoms. The van der Waals surface area contributed by atoms with E-state index in [1.807, 2.05) is 6.08 Å². The van der Waals surface area contributed by atoms with E-state index in [1.165, 1.54) is 25.7 Å². The van der Waals surface area contributed by atoms with E-state index in [-0.39, 0.29) is 0 Å². The van der Waals surface area contributed by atoms with E-state index in [0.29, 0.717) is 6.10 Å². The predicted molar refractivity (Wildman–Crippen MR) is 61.0 cm³/mol. The van der Waals surface area contributed by atoms with Crippen molar-refractivity contribution in [2.45, 2.75) is 38.7 Å². The van der Waals surface area contributed by atoms with Crippen molar-refractivity contribution in [1.29, 1.82) is 0 Å². The summed E-state index contributed by atoms with van der Waals surface area (Å²) in [7, 11) is 0. The van der Waals surface area contributed by atoms with E-state index < -0.39 is 0 Å². The van der Waals surface area contributed by atoms with Gasteiger partial charge in [0.2, 0.25) is 0 Å². The van der Waals surface area contributed by atoms with Crippen LogP contribution in [0.2, 0.25) is 0 Å². The minimum absolute atomic E-state index is 0.393. The van der Waals surface area contributed by atoms with E-state index in [1.54, 1.807) is 12.2 Å². The molecule has 0 heterocycles. The Bertz CT molecular complexity index is 227. The molecular formula is C13H20O. The van der Waals surface area contributed by atoms with Crippen LogP contribution in [0.4, 0.5) is 0 Å². The molecule has 0 aliphatic heterocycles. The Hall–Kier alpha value is -0.980.